The molecule has 1 saturated heterocycles. The summed E-state index contributed by atoms with van der Waals surface area (Å²) in [6.07, 6.45) is 4.54. The van der Waals surface area contributed by atoms with Crippen molar-refractivity contribution in [3.05, 3.63) is 12.7 Å². The summed E-state index contributed by atoms with van der Waals surface area (Å²) in [6.45, 7) is 7.08. The maximum absolute atomic E-state index is 11.7. The lowest BCUT2D eigenvalue weighted by atomic mass is 9.99. The molecule has 2 unspecified atom stereocenters. The molecule has 3 heteroatoms. The summed E-state index contributed by atoms with van der Waals surface area (Å²) < 4.78 is 5.46. The normalized spacial score (nSPS) is 26.1. The van der Waals surface area contributed by atoms with Crippen LogP contribution in [0.5, 0.6) is 0 Å². The molecular formula is C11H19NO2. The first kappa shape index (κ1) is 11.2. The summed E-state index contributed by atoms with van der Waals surface area (Å²) in [6, 6.07) is 0. The van der Waals surface area contributed by atoms with Gasteiger partial charge in [-0.25, -0.2) is 0 Å². The van der Waals surface area contributed by atoms with Crippen LogP contribution < -0.4 is 5.32 Å². The maximum atomic E-state index is 11.7. The van der Waals surface area contributed by atoms with E-state index in [4.69, 9.17) is 4.74 Å². The van der Waals surface area contributed by atoms with Gasteiger partial charge in [0.1, 0.15) is 0 Å². The van der Waals surface area contributed by atoms with E-state index in [1.807, 2.05) is 6.08 Å². The van der Waals surface area contributed by atoms with Gasteiger partial charge in [0.15, 0.2) is 0 Å². The molecule has 1 heterocycles. The highest BCUT2D eigenvalue weighted by atomic mass is 16.5. The zero-order valence-corrected chi connectivity index (χ0v) is 8.79. The largest absolute Gasteiger partial charge is 0.377 e. The quantitative estimate of drug-likeness (QED) is 0.535. The predicted octanol–water partition coefficient (Wildman–Crippen LogP) is 1.49. The summed E-state index contributed by atoms with van der Waals surface area (Å²) in [5, 5.41) is 2.90. The van der Waals surface area contributed by atoms with Gasteiger partial charge in [0.05, 0.1) is 12.0 Å². The average molecular weight is 197 g/mol. The van der Waals surface area contributed by atoms with E-state index in [1.54, 1.807) is 0 Å². The molecule has 0 aliphatic carbocycles. The molecule has 0 aromatic carbocycles. The van der Waals surface area contributed by atoms with Crippen LogP contribution in [0.1, 0.15) is 26.2 Å². The Morgan fingerprint density at radius 3 is 3.14 bits per heavy atom. The summed E-state index contributed by atoms with van der Waals surface area (Å²) in [5.74, 6) is 0.195. The Morgan fingerprint density at radius 1 is 1.71 bits per heavy atom. The van der Waals surface area contributed by atoms with Crippen molar-refractivity contribution in [2.24, 2.45) is 5.92 Å². The highest BCUT2D eigenvalue weighted by Crippen LogP contribution is 2.23. The van der Waals surface area contributed by atoms with Crippen LogP contribution in [-0.2, 0) is 9.53 Å². The molecule has 14 heavy (non-hydrogen) atoms. The third-order valence-electron chi connectivity index (χ3n) is 2.60. The van der Waals surface area contributed by atoms with Crippen LogP contribution in [-0.4, -0.2) is 25.2 Å². The van der Waals surface area contributed by atoms with E-state index in [-0.39, 0.29) is 17.9 Å². The topological polar surface area (TPSA) is 38.3 Å². The van der Waals surface area contributed by atoms with Crippen LogP contribution in [0.25, 0.3) is 0 Å². The van der Waals surface area contributed by atoms with Crippen LogP contribution in [0.3, 0.4) is 0 Å². The highest BCUT2D eigenvalue weighted by Gasteiger charge is 2.32. The zero-order chi connectivity index (χ0) is 10.4. The Kier molecular flexibility index (Phi) is 4.66. The lowest BCUT2D eigenvalue weighted by molar-refractivity contribution is -0.126. The van der Waals surface area contributed by atoms with E-state index in [0.29, 0.717) is 6.54 Å². The van der Waals surface area contributed by atoms with E-state index in [2.05, 4.69) is 18.8 Å². The van der Waals surface area contributed by atoms with Crippen molar-refractivity contribution in [3.63, 3.8) is 0 Å². The Balaban J connectivity index is 2.31. The smallest absolute Gasteiger partial charge is 0.225 e. The second kappa shape index (κ2) is 5.81. The summed E-state index contributed by atoms with van der Waals surface area (Å²) in [4.78, 5) is 11.7. The third-order valence-corrected chi connectivity index (χ3v) is 2.60. The second-order valence-corrected chi connectivity index (χ2v) is 3.58. The van der Waals surface area contributed by atoms with Crippen LogP contribution in [0.2, 0.25) is 0 Å². The van der Waals surface area contributed by atoms with Crippen LogP contribution in [0.15, 0.2) is 12.7 Å². The molecule has 1 rings (SSSR count). The number of rotatable bonds is 5. The molecule has 1 aliphatic rings. The average Bonchev–Trinajstić information content (AvgIpc) is 2.65. The molecule has 0 aromatic heterocycles. The van der Waals surface area contributed by atoms with Crippen molar-refractivity contribution in [1.82, 2.24) is 5.32 Å². The van der Waals surface area contributed by atoms with Crippen molar-refractivity contribution in [2.75, 3.05) is 13.2 Å². The Hall–Kier alpha value is -0.830. The lowest BCUT2D eigenvalue weighted by Crippen LogP contribution is -2.35. The number of ether oxygens (including phenoxy) is 1. The fourth-order valence-electron chi connectivity index (χ4n) is 1.78. The Bertz CT molecular complexity index is 203. The first-order valence-corrected chi connectivity index (χ1v) is 5.29. The molecule has 0 radical (unpaired) electrons. The number of hydrogen-bond donors (Lipinski definition) is 1. The van der Waals surface area contributed by atoms with Gasteiger partial charge in [-0.15, -0.1) is 6.58 Å². The number of carbonyl (C=O) groups excluding carboxylic acids is 1. The van der Waals surface area contributed by atoms with Gasteiger partial charge in [0.2, 0.25) is 5.91 Å². The van der Waals surface area contributed by atoms with Gasteiger partial charge in [-0.2, -0.15) is 0 Å². The number of nitrogens with one attached hydrogen (secondary N) is 1. The zero-order valence-electron chi connectivity index (χ0n) is 8.79. The fourth-order valence-corrected chi connectivity index (χ4v) is 1.78. The molecule has 0 bridgehead atoms. The van der Waals surface area contributed by atoms with Crippen LogP contribution >= 0.6 is 0 Å². The first-order valence-electron chi connectivity index (χ1n) is 5.29. The second-order valence-electron chi connectivity index (χ2n) is 3.58. The molecule has 1 N–H and O–H groups in total. The van der Waals surface area contributed by atoms with Gasteiger partial charge in [-0.3, -0.25) is 4.79 Å². The fraction of sp³-hybridized carbons (Fsp3) is 0.727. The molecular weight excluding hydrogens is 178 g/mol. The van der Waals surface area contributed by atoms with Gasteiger partial charge in [-0.1, -0.05) is 13.0 Å². The summed E-state index contributed by atoms with van der Waals surface area (Å²) in [7, 11) is 0. The minimum absolute atomic E-state index is 0.0600. The summed E-state index contributed by atoms with van der Waals surface area (Å²) >= 11 is 0. The van der Waals surface area contributed by atoms with Gasteiger partial charge < -0.3 is 10.1 Å². The molecule has 1 amide bonds. The van der Waals surface area contributed by atoms with E-state index in [9.17, 15) is 4.79 Å². The number of amides is 1. The highest BCUT2D eigenvalue weighted by molar-refractivity contribution is 5.79. The molecule has 2 atom stereocenters. The van der Waals surface area contributed by atoms with Crippen molar-refractivity contribution in [3.8, 4) is 0 Å². The Morgan fingerprint density at radius 2 is 2.50 bits per heavy atom. The van der Waals surface area contributed by atoms with Crippen molar-refractivity contribution in [1.29, 1.82) is 0 Å². The minimum atomic E-state index is 0.0600. The van der Waals surface area contributed by atoms with Crippen molar-refractivity contribution >= 4 is 5.91 Å². The van der Waals surface area contributed by atoms with E-state index in [0.717, 1.165) is 25.9 Å². The molecule has 3 nitrogen and oxygen atoms in total. The lowest BCUT2D eigenvalue weighted by Gasteiger charge is -2.15. The van der Waals surface area contributed by atoms with Crippen molar-refractivity contribution in [2.45, 2.75) is 32.3 Å². The number of carbonyl (C=O) groups is 1. The SMILES string of the molecule is C=CCCNC(=O)C1CCOC1CC. The van der Waals surface area contributed by atoms with Crippen LogP contribution in [0, 0.1) is 5.92 Å². The summed E-state index contributed by atoms with van der Waals surface area (Å²) in [5.41, 5.74) is 0. The van der Waals surface area contributed by atoms with E-state index >= 15 is 0 Å². The standard InChI is InChI=1S/C11H19NO2/c1-3-5-7-12-11(13)9-6-8-14-10(9)4-2/h3,9-10H,1,4-8H2,2H3,(H,12,13). The van der Waals surface area contributed by atoms with Crippen LogP contribution in [0.4, 0.5) is 0 Å². The predicted molar refractivity (Wildman–Crippen MR) is 56.0 cm³/mol. The molecule has 0 spiro atoms. The maximum Gasteiger partial charge on any atom is 0.225 e. The molecule has 80 valence electrons. The van der Waals surface area contributed by atoms with Gasteiger partial charge in [0, 0.05) is 13.2 Å². The van der Waals surface area contributed by atoms with Gasteiger partial charge in [-0.05, 0) is 19.3 Å². The molecule has 0 aromatic rings. The monoisotopic (exact) mass is 197 g/mol. The number of hydrogen-bond acceptors (Lipinski definition) is 2. The van der Waals surface area contributed by atoms with Gasteiger partial charge in [0.25, 0.3) is 0 Å². The first-order chi connectivity index (χ1) is 6.79. The molecule has 1 aliphatic heterocycles. The van der Waals surface area contributed by atoms with E-state index in [1.165, 1.54) is 0 Å². The van der Waals surface area contributed by atoms with Gasteiger partial charge >= 0.3 is 0 Å². The molecule has 1 fully saturated rings. The van der Waals surface area contributed by atoms with E-state index < -0.39 is 0 Å². The Labute approximate surface area is 85.5 Å². The minimum Gasteiger partial charge on any atom is -0.377 e. The van der Waals surface area contributed by atoms with Crippen molar-refractivity contribution < 1.29 is 9.53 Å². The molecule has 0 saturated carbocycles. The third kappa shape index (κ3) is 2.84.